The molecule has 0 fully saturated rings. The first-order valence-corrected chi connectivity index (χ1v) is 2.21. The molecule has 0 aromatic heterocycles. The third-order valence-corrected chi connectivity index (χ3v) is 0.455. The molecule has 0 bridgehead atoms. The van der Waals surface area contributed by atoms with E-state index in [1.165, 1.54) is 12.5 Å². The lowest BCUT2D eigenvalue weighted by molar-refractivity contribution is 0.243. The number of hydrogen-bond donors (Lipinski definition) is 0. The fraction of sp³-hybridized carbons (Fsp3) is 0.600. The molecule has 0 saturated carbocycles. The SMILES string of the molecule is CCO/C=C\OC. The summed E-state index contributed by atoms with van der Waals surface area (Å²) in [7, 11) is 1.58. The lowest BCUT2D eigenvalue weighted by Gasteiger charge is -1.89. The molecule has 0 aliphatic carbocycles. The molecule has 0 N–H and O–H groups in total. The van der Waals surface area contributed by atoms with Gasteiger partial charge in [-0.15, -0.1) is 0 Å². The van der Waals surface area contributed by atoms with Gasteiger partial charge < -0.3 is 9.47 Å². The number of hydrogen-bond acceptors (Lipinski definition) is 2. The topological polar surface area (TPSA) is 18.5 Å². The van der Waals surface area contributed by atoms with Crippen LogP contribution in [0.4, 0.5) is 0 Å². The molecule has 0 radical (unpaired) electrons. The number of methoxy groups -OCH3 is 1. The van der Waals surface area contributed by atoms with Gasteiger partial charge in [0.2, 0.25) is 0 Å². The minimum atomic E-state index is 0.694. The Balaban J connectivity index is 2.78. The largest absolute Gasteiger partial charge is 0.501 e. The van der Waals surface area contributed by atoms with Gasteiger partial charge in [-0.3, -0.25) is 0 Å². The maximum Gasteiger partial charge on any atom is 0.117 e. The molecule has 0 aliphatic rings. The molecule has 0 heterocycles. The van der Waals surface area contributed by atoms with Crippen LogP contribution < -0.4 is 0 Å². The predicted molar refractivity (Wildman–Crippen MR) is 27.8 cm³/mol. The molecule has 0 aromatic carbocycles. The zero-order valence-electron chi connectivity index (χ0n) is 4.68. The summed E-state index contributed by atoms with van der Waals surface area (Å²) < 4.78 is 9.31. The van der Waals surface area contributed by atoms with Crippen LogP contribution >= 0.6 is 0 Å². The van der Waals surface area contributed by atoms with Crippen LogP contribution in [-0.4, -0.2) is 13.7 Å². The summed E-state index contributed by atoms with van der Waals surface area (Å²) in [6.45, 7) is 2.61. The molecule has 42 valence electrons. The van der Waals surface area contributed by atoms with E-state index in [2.05, 4.69) is 4.74 Å². The molecule has 7 heavy (non-hydrogen) atoms. The van der Waals surface area contributed by atoms with Crippen molar-refractivity contribution in [3.8, 4) is 0 Å². The monoisotopic (exact) mass is 102 g/mol. The minimum Gasteiger partial charge on any atom is -0.501 e. The minimum absolute atomic E-state index is 0.694. The van der Waals surface area contributed by atoms with E-state index in [9.17, 15) is 0 Å². The van der Waals surface area contributed by atoms with Crippen molar-refractivity contribution >= 4 is 0 Å². The lowest BCUT2D eigenvalue weighted by Crippen LogP contribution is -1.76. The number of ether oxygens (including phenoxy) is 2. The standard InChI is InChI=1S/C5H10O2/c1-3-7-5-4-6-2/h4-5H,3H2,1-2H3/b5-4-. The molecule has 0 amide bonds. The Bertz CT molecular complexity index is 50.0. The highest BCUT2D eigenvalue weighted by atomic mass is 16.5. The molecule has 2 nitrogen and oxygen atoms in total. The van der Waals surface area contributed by atoms with E-state index in [4.69, 9.17) is 4.74 Å². The Morgan fingerprint density at radius 1 is 1.43 bits per heavy atom. The fourth-order valence-corrected chi connectivity index (χ4v) is 0.191. The summed E-state index contributed by atoms with van der Waals surface area (Å²) in [5, 5.41) is 0. The van der Waals surface area contributed by atoms with Crippen molar-refractivity contribution in [3.63, 3.8) is 0 Å². The van der Waals surface area contributed by atoms with Gasteiger partial charge in [-0.05, 0) is 6.92 Å². The molecule has 0 spiro atoms. The molecule has 0 aromatic rings. The van der Waals surface area contributed by atoms with Gasteiger partial charge in [0, 0.05) is 0 Å². The average molecular weight is 102 g/mol. The van der Waals surface area contributed by atoms with Crippen molar-refractivity contribution in [1.29, 1.82) is 0 Å². The van der Waals surface area contributed by atoms with Crippen LogP contribution in [0.2, 0.25) is 0 Å². The molecule has 2 heteroatoms. The van der Waals surface area contributed by atoms with Gasteiger partial charge in [0.15, 0.2) is 0 Å². The fourth-order valence-electron chi connectivity index (χ4n) is 0.191. The van der Waals surface area contributed by atoms with Crippen molar-refractivity contribution in [2.75, 3.05) is 13.7 Å². The summed E-state index contributed by atoms with van der Waals surface area (Å²) in [6.07, 6.45) is 3.00. The van der Waals surface area contributed by atoms with E-state index in [-0.39, 0.29) is 0 Å². The van der Waals surface area contributed by atoms with Crippen molar-refractivity contribution in [2.45, 2.75) is 6.92 Å². The second kappa shape index (κ2) is 5.34. The van der Waals surface area contributed by atoms with E-state index < -0.39 is 0 Å². The van der Waals surface area contributed by atoms with Crippen LogP contribution in [-0.2, 0) is 9.47 Å². The Morgan fingerprint density at radius 2 is 2.14 bits per heavy atom. The van der Waals surface area contributed by atoms with Crippen molar-refractivity contribution in [3.05, 3.63) is 12.5 Å². The number of rotatable bonds is 3. The van der Waals surface area contributed by atoms with Crippen molar-refractivity contribution in [2.24, 2.45) is 0 Å². The smallest absolute Gasteiger partial charge is 0.117 e. The lowest BCUT2D eigenvalue weighted by atomic mass is 10.9. The van der Waals surface area contributed by atoms with Crippen LogP contribution in [0.15, 0.2) is 12.5 Å². The van der Waals surface area contributed by atoms with Gasteiger partial charge in [-0.25, -0.2) is 0 Å². The average Bonchev–Trinajstić information content (AvgIpc) is 1.69. The van der Waals surface area contributed by atoms with Crippen LogP contribution in [0.1, 0.15) is 6.92 Å². The van der Waals surface area contributed by atoms with Gasteiger partial charge in [0.05, 0.1) is 13.7 Å². The Hall–Kier alpha value is -0.660. The summed E-state index contributed by atoms with van der Waals surface area (Å²) in [6, 6.07) is 0. The van der Waals surface area contributed by atoms with Crippen LogP contribution in [0, 0.1) is 0 Å². The quantitative estimate of drug-likeness (QED) is 0.497. The molecule has 0 rings (SSSR count). The molecule has 0 saturated heterocycles. The molecular weight excluding hydrogens is 92.1 g/mol. The van der Waals surface area contributed by atoms with Gasteiger partial charge >= 0.3 is 0 Å². The molecule has 0 atom stereocenters. The van der Waals surface area contributed by atoms with Gasteiger partial charge in [-0.2, -0.15) is 0 Å². The summed E-state index contributed by atoms with van der Waals surface area (Å²) in [5.74, 6) is 0. The van der Waals surface area contributed by atoms with Crippen molar-refractivity contribution < 1.29 is 9.47 Å². The first-order valence-electron chi connectivity index (χ1n) is 2.21. The predicted octanol–water partition coefficient (Wildman–Crippen LogP) is 1.14. The zero-order valence-corrected chi connectivity index (χ0v) is 4.68. The third-order valence-electron chi connectivity index (χ3n) is 0.455. The van der Waals surface area contributed by atoms with Gasteiger partial charge in [0.1, 0.15) is 12.5 Å². The van der Waals surface area contributed by atoms with E-state index in [0.717, 1.165) is 0 Å². The Kier molecular flexibility index (Phi) is 4.84. The summed E-state index contributed by atoms with van der Waals surface area (Å²) in [5.41, 5.74) is 0. The molecule has 0 unspecified atom stereocenters. The van der Waals surface area contributed by atoms with E-state index >= 15 is 0 Å². The second-order valence-corrected chi connectivity index (χ2v) is 0.963. The van der Waals surface area contributed by atoms with Crippen LogP contribution in [0.3, 0.4) is 0 Å². The molecule has 0 aliphatic heterocycles. The zero-order chi connectivity index (χ0) is 5.54. The highest BCUT2D eigenvalue weighted by molar-refractivity contribution is 4.57. The summed E-state index contributed by atoms with van der Waals surface area (Å²) in [4.78, 5) is 0. The summed E-state index contributed by atoms with van der Waals surface area (Å²) >= 11 is 0. The second-order valence-electron chi connectivity index (χ2n) is 0.963. The Morgan fingerprint density at radius 3 is 2.57 bits per heavy atom. The van der Waals surface area contributed by atoms with E-state index in [1.807, 2.05) is 6.92 Å². The molecular formula is C5H10O2. The highest BCUT2D eigenvalue weighted by Gasteiger charge is 1.64. The van der Waals surface area contributed by atoms with Crippen LogP contribution in [0.5, 0.6) is 0 Å². The van der Waals surface area contributed by atoms with Gasteiger partial charge in [0.25, 0.3) is 0 Å². The Labute approximate surface area is 43.7 Å². The maximum atomic E-state index is 4.77. The van der Waals surface area contributed by atoms with E-state index in [0.29, 0.717) is 6.61 Å². The third kappa shape index (κ3) is 5.34. The highest BCUT2D eigenvalue weighted by Crippen LogP contribution is 1.74. The van der Waals surface area contributed by atoms with Crippen molar-refractivity contribution in [1.82, 2.24) is 0 Å². The van der Waals surface area contributed by atoms with Gasteiger partial charge in [-0.1, -0.05) is 0 Å². The first-order chi connectivity index (χ1) is 3.41. The van der Waals surface area contributed by atoms with Crippen LogP contribution in [0.25, 0.3) is 0 Å². The maximum absolute atomic E-state index is 4.77. The first kappa shape index (κ1) is 6.34. The van der Waals surface area contributed by atoms with E-state index in [1.54, 1.807) is 7.11 Å². The normalized spacial score (nSPS) is 9.43.